The number of hydrogen-bond donors (Lipinski definition) is 0. The summed E-state index contributed by atoms with van der Waals surface area (Å²) >= 11 is 0. The molecule has 0 N–H and O–H groups in total. The Morgan fingerprint density at radius 1 is 1.00 bits per heavy atom. The van der Waals surface area contributed by atoms with Crippen molar-refractivity contribution in [1.82, 2.24) is 0 Å². The van der Waals surface area contributed by atoms with Crippen molar-refractivity contribution in [1.29, 1.82) is 0 Å². The average Bonchev–Trinajstić information content (AvgIpc) is 2.37. The van der Waals surface area contributed by atoms with Gasteiger partial charge in [-0.15, -0.1) is 0 Å². The summed E-state index contributed by atoms with van der Waals surface area (Å²) in [5.74, 6) is -1.59. The molecule has 1 rings (SSSR count). The third kappa shape index (κ3) is 5.31. The number of methoxy groups -OCH3 is 1. The van der Waals surface area contributed by atoms with Gasteiger partial charge in [0.1, 0.15) is 18.8 Å². The number of carbonyl (C=O) groups excluding carboxylic acids is 3. The van der Waals surface area contributed by atoms with Crippen LogP contribution in [0.5, 0.6) is 0 Å². The number of hydrogen-bond acceptors (Lipinski definition) is 8. The van der Waals surface area contributed by atoms with E-state index in [1.165, 1.54) is 27.9 Å². The molecule has 0 radical (unpaired) electrons. The van der Waals surface area contributed by atoms with Gasteiger partial charge < -0.3 is 23.7 Å². The van der Waals surface area contributed by atoms with E-state index in [0.29, 0.717) is 0 Å². The van der Waals surface area contributed by atoms with Gasteiger partial charge in [-0.05, 0) is 0 Å². The third-order valence-electron chi connectivity index (χ3n) is 2.89. The molecular formula is C13H20O8. The van der Waals surface area contributed by atoms with E-state index in [9.17, 15) is 14.4 Å². The SMILES string of the molecule is CO[C@H]1CO[C@H](COC(C)=O)[C@H](OC(C)=O)[C@@H]1OC(C)=O. The van der Waals surface area contributed by atoms with Crippen LogP contribution in [0.2, 0.25) is 0 Å². The Balaban J connectivity index is 2.89. The van der Waals surface area contributed by atoms with Gasteiger partial charge in [-0.3, -0.25) is 14.4 Å². The van der Waals surface area contributed by atoms with E-state index in [1.54, 1.807) is 0 Å². The Labute approximate surface area is 122 Å². The first-order valence-corrected chi connectivity index (χ1v) is 6.47. The van der Waals surface area contributed by atoms with Crippen molar-refractivity contribution in [3.05, 3.63) is 0 Å². The van der Waals surface area contributed by atoms with Gasteiger partial charge >= 0.3 is 17.9 Å². The predicted molar refractivity (Wildman–Crippen MR) is 68.3 cm³/mol. The van der Waals surface area contributed by atoms with Crippen molar-refractivity contribution in [2.75, 3.05) is 20.3 Å². The van der Waals surface area contributed by atoms with Gasteiger partial charge in [0.2, 0.25) is 0 Å². The molecule has 0 spiro atoms. The monoisotopic (exact) mass is 304 g/mol. The molecule has 0 aromatic heterocycles. The zero-order chi connectivity index (χ0) is 16.0. The topological polar surface area (TPSA) is 97.4 Å². The second kappa shape index (κ2) is 7.94. The first-order valence-electron chi connectivity index (χ1n) is 6.47. The molecule has 0 aliphatic carbocycles. The van der Waals surface area contributed by atoms with Gasteiger partial charge in [-0.25, -0.2) is 0 Å². The predicted octanol–water partition coefficient (Wildman–Crippen LogP) is -0.173. The highest BCUT2D eigenvalue weighted by atomic mass is 16.6. The molecule has 120 valence electrons. The van der Waals surface area contributed by atoms with Crippen LogP contribution in [0, 0.1) is 0 Å². The van der Waals surface area contributed by atoms with Gasteiger partial charge in [-0.2, -0.15) is 0 Å². The van der Waals surface area contributed by atoms with Crippen molar-refractivity contribution in [2.45, 2.75) is 45.2 Å². The first kappa shape index (κ1) is 17.4. The summed E-state index contributed by atoms with van der Waals surface area (Å²) < 4.78 is 25.9. The zero-order valence-corrected chi connectivity index (χ0v) is 12.5. The Bertz CT molecular complexity index is 394. The highest BCUT2D eigenvalue weighted by molar-refractivity contribution is 5.67. The lowest BCUT2D eigenvalue weighted by atomic mass is 9.99. The maximum absolute atomic E-state index is 11.3. The van der Waals surface area contributed by atoms with Crippen molar-refractivity contribution in [3.8, 4) is 0 Å². The summed E-state index contributed by atoms with van der Waals surface area (Å²) in [5.41, 5.74) is 0. The molecule has 0 aromatic rings. The van der Waals surface area contributed by atoms with Crippen molar-refractivity contribution in [3.63, 3.8) is 0 Å². The van der Waals surface area contributed by atoms with Crippen molar-refractivity contribution >= 4 is 17.9 Å². The molecule has 8 nitrogen and oxygen atoms in total. The molecular weight excluding hydrogens is 284 g/mol. The largest absolute Gasteiger partial charge is 0.463 e. The van der Waals surface area contributed by atoms with Crippen LogP contribution in [0.15, 0.2) is 0 Å². The Morgan fingerprint density at radius 2 is 1.57 bits per heavy atom. The number of rotatable bonds is 5. The molecule has 1 aliphatic heterocycles. The van der Waals surface area contributed by atoms with Crippen LogP contribution in [-0.4, -0.2) is 62.6 Å². The summed E-state index contributed by atoms with van der Waals surface area (Å²) in [4.78, 5) is 33.4. The first-order chi connectivity index (χ1) is 9.85. The summed E-state index contributed by atoms with van der Waals surface area (Å²) in [6.45, 7) is 3.74. The molecule has 4 atom stereocenters. The van der Waals surface area contributed by atoms with Crippen LogP contribution in [0.3, 0.4) is 0 Å². The second-order valence-corrected chi connectivity index (χ2v) is 4.60. The lowest BCUT2D eigenvalue weighted by Crippen LogP contribution is -2.58. The normalized spacial score (nSPS) is 28.6. The maximum atomic E-state index is 11.3. The fourth-order valence-electron chi connectivity index (χ4n) is 2.05. The van der Waals surface area contributed by atoms with Gasteiger partial charge in [0.25, 0.3) is 0 Å². The highest BCUT2D eigenvalue weighted by Crippen LogP contribution is 2.24. The molecule has 8 heteroatoms. The van der Waals surface area contributed by atoms with Gasteiger partial charge in [-0.1, -0.05) is 0 Å². The Kier molecular flexibility index (Phi) is 6.57. The number of ether oxygens (including phenoxy) is 5. The molecule has 0 amide bonds. The second-order valence-electron chi connectivity index (χ2n) is 4.60. The van der Waals surface area contributed by atoms with E-state index in [4.69, 9.17) is 23.7 Å². The van der Waals surface area contributed by atoms with Crippen LogP contribution >= 0.6 is 0 Å². The smallest absolute Gasteiger partial charge is 0.303 e. The van der Waals surface area contributed by atoms with Crippen LogP contribution in [0.1, 0.15) is 20.8 Å². The molecule has 1 saturated heterocycles. The molecule has 0 saturated carbocycles. The van der Waals surface area contributed by atoms with Gasteiger partial charge in [0.05, 0.1) is 6.61 Å². The van der Waals surface area contributed by atoms with E-state index < -0.39 is 42.3 Å². The van der Waals surface area contributed by atoms with Crippen molar-refractivity contribution < 1.29 is 38.1 Å². The molecule has 1 fully saturated rings. The van der Waals surface area contributed by atoms with E-state index >= 15 is 0 Å². The van der Waals surface area contributed by atoms with E-state index in [-0.39, 0.29) is 13.2 Å². The minimum Gasteiger partial charge on any atom is -0.463 e. The summed E-state index contributed by atoms with van der Waals surface area (Å²) in [5, 5.41) is 0. The van der Waals surface area contributed by atoms with Crippen LogP contribution in [-0.2, 0) is 38.1 Å². The summed E-state index contributed by atoms with van der Waals surface area (Å²) in [7, 11) is 1.43. The van der Waals surface area contributed by atoms with Crippen LogP contribution in [0.4, 0.5) is 0 Å². The number of esters is 3. The zero-order valence-electron chi connectivity index (χ0n) is 12.5. The molecule has 0 bridgehead atoms. The Morgan fingerprint density at radius 3 is 2.05 bits per heavy atom. The molecule has 1 heterocycles. The summed E-state index contributed by atoms with van der Waals surface area (Å²) in [6.07, 6.45) is -3.05. The molecule has 21 heavy (non-hydrogen) atoms. The highest BCUT2D eigenvalue weighted by Gasteiger charge is 2.45. The van der Waals surface area contributed by atoms with Crippen molar-refractivity contribution in [2.24, 2.45) is 0 Å². The van der Waals surface area contributed by atoms with E-state index in [1.807, 2.05) is 0 Å². The molecule has 0 unspecified atom stereocenters. The van der Waals surface area contributed by atoms with Gasteiger partial charge in [0.15, 0.2) is 12.2 Å². The standard InChI is InChI=1S/C13H20O8/c1-7(14)18-6-11-13(21-9(3)16)12(20-8(2)15)10(17-4)5-19-11/h10-13H,5-6H2,1-4H3/t10-,11+,12+,13-/m0/s1. The Hall–Kier alpha value is -1.67. The molecule has 1 aliphatic rings. The van der Waals surface area contributed by atoms with E-state index in [2.05, 4.69) is 0 Å². The van der Waals surface area contributed by atoms with E-state index in [0.717, 1.165) is 0 Å². The quantitative estimate of drug-likeness (QED) is 0.510. The third-order valence-corrected chi connectivity index (χ3v) is 2.89. The maximum Gasteiger partial charge on any atom is 0.303 e. The van der Waals surface area contributed by atoms with Gasteiger partial charge in [0, 0.05) is 27.9 Å². The van der Waals surface area contributed by atoms with Crippen LogP contribution in [0.25, 0.3) is 0 Å². The lowest BCUT2D eigenvalue weighted by molar-refractivity contribution is -0.229. The minimum absolute atomic E-state index is 0.110. The average molecular weight is 304 g/mol. The minimum atomic E-state index is -0.913. The fraction of sp³-hybridized carbons (Fsp3) is 0.769. The summed E-state index contributed by atoms with van der Waals surface area (Å²) in [6, 6.07) is 0. The number of carbonyl (C=O) groups is 3. The lowest BCUT2D eigenvalue weighted by Gasteiger charge is -2.40. The fourth-order valence-corrected chi connectivity index (χ4v) is 2.05. The molecule has 0 aromatic carbocycles. The van der Waals surface area contributed by atoms with Crippen LogP contribution < -0.4 is 0 Å².